The normalized spacial score (nSPS) is 15.8. The molecule has 1 atom stereocenters. The van der Waals surface area contributed by atoms with E-state index in [0.717, 1.165) is 40.9 Å². The van der Waals surface area contributed by atoms with Gasteiger partial charge < -0.3 is 19.1 Å². The monoisotopic (exact) mass is 407 g/mol. The van der Waals surface area contributed by atoms with Crippen LogP contribution in [0.3, 0.4) is 0 Å². The molecule has 0 saturated carbocycles. The summed E-state index contributed by atoms with van der Waals surface area (Å²) >= 11 is 0. The standard InChI is InChI=1S/C23H25N3O4/c1-3-28-15-30-21-9-11-26(20-6-5-10-24-22(20)21)18-8-7-16-12-17(23(27)29-4-2)14-25-19(16)13-18/h5-8,10,12-14,21H,3-4,9,11,15H2,1-2H3. The highest BCUT2D eigenvalue weighted by Gasteiger charge is 2.28. The Morgan fingerprint density at radius 1 is 1.17 bits per heavy atom. The fourth-order valence-corrected chi connectivity index (χ4v) is 3.64. The van der Waals surface area contributed by atoms with Gasteiger partial charge in [-0.05, 0) is 50.6 Å². The van der Waals surface area contributed by atoms with Gasteiger partial charge in [0, 0.05) is 36.6 Å². The zero-order valence-electron chi connectivity index (χ0n) is 17.2. The first-order chi connectivity index (χ1) is 14.7. The molecule has 0 aliphatic carbocycles. The van der Waals surface area contributed by atoms with Gasteiger partial charge in [-0.2, -0.15) is 0 Å². The van der Waals surface area contributed by atoms with Gasteiger partial charge in [0.2, 0.25) is 0 Å². The number of aromatic nitrogens is 2. The third-order valence-corrected chi connectivity index (χ3v) is 5.07. The molecule has 7 nitrogen and oxygen atoms in total. The largest absolute Gasteiger partial charge is 0.462 e. The Morgan fingerprint density at radius 3 is 2.90 bits per heavy atom. The molecule has 0 bridgehead atoms. The van der Waals surface area contributed by atoms with Gasteiger partial charge in [-0.3, -0.25) is 9.97 Å². The minimum Gasteiger partial charge on any atom is -0.462 e. The molecule has 1 aliphatic rings. The maximum atomic E-state index is 12.0. The van der Waals surface area contributed by atoms with Crippen molar-refractivity contribution in [3.05, 3.63) is 60.0 Å². The number of anilines is 2. The van der Waals surface area contributed by atoms with Crippen LogP contribution >= 0.6 is 0 Å². The zero-order valence-corrected chi connectivity index (χ0v) is 17.2. The maximum absolute atomic E-state index is 12.0. The van der Waals surface area contributed by atoms with Crippen LogP contribution in [0.2, 0.25) is 0 Å². The smallest absolute Gasteiger partial charge is 0.339 e. The van der Waals surface area contributed by atoms with E-state index in [4.69, 9.17) is 14.2 Å². The molecule has 156 valence electrons. The van der Waals surface area contributed by atoms with E-state index in [1.54, 1.807) is 19.3 Å². The summed E-state index contributed by atoms with van der Waals surface area (Å²) in [6.07, 6.45) is 4.07. The molecular weight excluding hydrogens is 382 g/mol. The molecule has 0 spiro atoms. The van der Waals surface area contributed by atoms with E-state index < -0.39 is 0 Å². The molecule has 1 unspecified atom stereocenters. The van der Waals surface area contributed by atoms with Gasteiger partial charge in [0.15, 0.2) is 0 Å². The Labute approximate surface area is 175 Å². The van der Waals surface area contributed by atoms with Gasteiger partial charge in [-0.25, -0.2) is 4.79 Å². The number of carbonyl (C=O) groups excluding carboxylic acids is 1. The van der Waals surface area contributed by atoms with Gasteiger partial charge in [-0.15, -0.1) is 0 Å². The summed E-state index contributed by atoms with van der Waals surface area (Å²) in [4.78, 5) is 23.2. The quantitative estimate of drug-likeness (QED) is 0.326. The molecule has 2 aromatic heterocycles. The first-order valence-electron chi connectivity index (χ1n) is 10.2. The van der Waals surface area contributed by atoms with Crippen molar-refractivity contribution >= 4 is 28.2 Å². The van der Waals surface area contributed by atoms with Crippen LogP contribution in [0.1, 0.15) is 42.4 Å². The van der Waals surface area contributed by atoms with Crippen LogP contribution in [0.5, 0.6) is 0 Å². The summed E-state index contributed by atoms with van der Waals surface area (Å²) in [7, 11) is 0. The fraction of sp³-hybridized carbons (Fsp3) is 0.348. The number of benzene rings is 1. The van der Waals surface area contributed by atoms with E-state index in [-0.39, 0.29) is 18.9 Å². The van der Waals surface area contributed by atoms with E-state index in [0.29, 0.717) is 18.8 Å². The molecule has 0 N–H and O–H groups in total. The number of rotatable bonds is 7. The number of esters is 1. The highest BCUT2D eigenvalue weighted by Crippen LogP contribution is 2.39. The van der Waals surface area contributed by atoms with Crippen molar-refractivity contribution in [3.63, 3.8) is 0 Å². The van der Waals surface area contributed by atoms with Crippen LogP contribution in [0, 0.1) is 0 Å². The number of pyridine rings is 2. The second-order valence-corrected chi connectivity index (χ2v) is 6.94. The molecule has 0 amide bonds. The molecule has 0 fully saturated rings. The predicted molar refractivity (Wildman–Crippen MR) is 114 cm³/mol. The van der Waals surface area contributed by atoms with E-state index >= 15 is 0 Å². The Morgan fingerprint density at radius 2 is 2.07 bits per heavy atom. The highest BCUT2D eigenvalue weighted by atomic mass is 16.7. The summed E-state index contributed by atoms with van der Waals surface area (Å²) in [5.41, 5.74) is 4.23. The summed E-state index contributed by atoms with van der Waals surface area (Å²) in [5.74, 6) is -0.356. The van der Waals surface area contributed by atoms with Crippen LogP contribution < -0.4 is 4.90 Å². The number of hydrogen-bond donors (Lipinski definition) is 0. The van der Waals surface area contributed by atoms with Crippen molar-refractivity contribution < 1.29 is 19.0 Å². The SMILES string of the molecule is CCOCOC1CCN(c2ccc3cc(C(=O)OCC)cnc3c2)c2cccnc21. The summed E-state index contributed by atoms with van der Waals surface area (Å²) in [6.45, 7) is 5.75. The number of fused-ring (bicyclic) bond motifs is 2. The van der Waals surface area contributed by atoms with E-state index in [1.165, 1.54) is 0 Å². The topological polar surface area (TPSA) is 73.8 Å². The summed E-state index contributed by atoms with van der Waals surface area (Å²) in [6, 6.07) is 11.8. The third-order valence-electron chi connectivity index (χ3n) is 5.07. The summed E-state index contributed by atoms with van der Waals surface area (Å²) < 4.78 is 16.3. The molecule has 0 saturated heterocycles. The number of nitrogens with zero attached hydrogens (tertiary/aromatic N) is 3. The molecule has 3 heterocycles. The van der Waals surface area contributed by atoms with E-state index in [1.807, 2.05) is 37.3 Å². The Balaban J connectivity index is 1.62. The van der Waals surface area contributed by atoms with E-state index in [2.05, 4.69) is 20.9 Å². The van der Waals surface area contributed by atoms with Crippen molar-refractivity contribution in [2.45, 2.75) is 26.4 Å². The lowest BCUT2D eigenvalue weighted by atomic mass is 10.0. The van der Waals surface area contributed by atoms with Gasteiger partial charge in [-0.1, -0.05) is 6.07 Å². The lowest BCUT2D eigenvalue weighted by Gasteiger charge is -2.34. The van der Waals surface area contributed by atoms with Gasteiger partial charge in [0.25, 0.3) is 0 Å². The first-order valence-corrected chi connectivity index (χ1v) is 10.2. The second-order valence-electron chi connectivity index (χ2n) is 6.94. The van der Waals surface area contributed by atoms with Crippen molar-refractivity contribution in [2.24, 2.45) is 0 Å². The Bertz CT molecular complexity index is 1040. The molecule has 1 aliphatic heterocycles. The van der Waals surface area contributed by atoms with Gasteiger partial charge >= 0.3 is 5.97 Å². The molecule has 0 radical (unpaired) electrons. The average Bonchev–Trinajstić information content (AvgIpc) is 2.79. The van der Waals surface area contributed by atoms with Crippen LogP contribution in [-0.2, 0) is 14.2 Å². The molecule has 1 aromatic carbocycles. The third kappa shape index (κ3) is 4.13. The fourth-order valence-electron chi connectivity index (χ4n) is 3.64. The summed E-state index contributed by atoms with van der Waals surface area (Å²) in [5, 5.41) is 0.894. The molecule has 3 aromatic rings. The van der Waals surface area contributed by atoms with Gasteiger partial charge in [0.1, 0.15) is 12.9 Å². The lowest BCUT2D eigenvalue weighted by Crippen LogP contribution is -2.29. The van der Waals surface area contributed by atoms with Gasteiger partial charge in [0.05, 0.1) is 29.1 Å². The molecule has 4 rings (SSSR count). The number of hydrogen-bond acceptors (Lipinski definition) is 7. The number of ether oxygens (including phenoxy) is 3. The Hall–Kier alpha value is -3.03. The van der Waals surface area contributed by atoms with Crippen molar-refractivity contribution in [3.8, 4) is 0 Å². The Kier molecular flexibility index (Phi) is 6.21. The minimum absolute atomic E-state index is 0.0882. The average molecular weight is 407 g/mol. The van der Waals surface area contributed by atoms with Crippen molar-refractivity contribution in [1.29, 1.82) is 0 Å². The molecular formula is C23H25N3O4. The van der Waals surface area contributed by atoms with Crippen LogP contribution in [0.4, 0.5) is 11.4 Å². The lowest BCUT2D eigenvalue weighted by molar-refractivity contribution is -0.0914. The highest BCUT2D eigenvalue weighted by molar-refractivity contribution is 5.94. The second kappa shape index (κ2) is 9.19. The minimum atomic E-state index is -0.356. The maximum Gasteiger partial charge on any atom is 0.339 e. The van der Waals surface area contributed by atoms with Crippen LogP contribution in [0.25, 0.3) is 10.9 Å². The van der Waals surface area contributed by atoms with E-state index in [9.17, 15) is 4.79 Å². The first kappa shape index (κ1) is 20.3. The number of carbonyl (C=O) groups is 1. The van der Waals surface area contributed by atoms with Crippen LogP contribution in [-0.4, -0.2) is 42.5 Å². The zero-order chi connectivity index (χ0) is 20.9. The molecule has 30 heavy (non-hydrogen) atoms. The van der Waals surface area contributed by atoms with Crippen LogP contribution in [0.15, 0.2) is 48.8 Å². The van der Waals surface area contributed by atoms with Crippen molar-refractivity contribution in [2.75, 3.05) is 31.5 Å². The molecule has 7 heteroatoms. The predicted octanol–water partition coefficient (Wildman–Crippen LogP) is 4.40. The van der Waals surface area contributed by atoms with Crippen molar-refractivity contribution in [1.82, 2.24) is 9.97 Å².